The predicted molar refractivity (Wildman–Crippen MR) is 51.7 cm³/mol. The van der Waals surface area contributed by atoms with Crippen molar-refractivity contribution in [2.24, 2.45) is 0 Å². The summed E-state index contributed by atoms with van der Waals surface area (Å²) in [5.41, 5.74) is -1.10. The molecule has 0 unspecified atom stereocenters. The lowest BCUT2D eigenvalue weighted by Crippen LogP contribution is -2.43. The number of carbonyl (C=O) groups is 2. The Labute approximate surface area is 84.6 Å². The molecule has 0 fully saturated rings. The molecular formula is C10H18O4. The van der Waals surface area contributed by atoms with Crippen molar-refractivity contribution in [1.82, 2.24) is 0 Å². The SMILES string of the molecule is CCOC(=O)C(CC)(CC)OC(C)=O. The number of ether oxygens (including phenoxy) is 2. The van der Waals surface area contributed by atoms with Crippen molar-refractivity contribution >= 4 is 11.9 Å². The summed E-state index contributed by atoms with van der Waals surface area (Å²) in [6.07, 6.45) is 0.865. The van der Waals surface area contributed by atoms with Gasteiger partial charge in [0.05, 0.1) is 6.61 Å². The second-order valence-corrected chi connectivity index (χ2v) is 3.02. The number of hydrogen-bond acceptors (Lipinski definition) is 4. The second kappa shape index (κ2) is 5.62. The van der Waals surface area contributed by atoms with E-state index in [1.807, 2.05) is 0 Å². The van der Waals surface area contributed by atoms with Gasteiger partial charge < -0.3 is 9.47 Å². The Morgan fingerprint density at radius 2 is 1.64 bits per heavy atom. The molecule has 0 spiro atoms. The molecule has 4 heteroatoms. The first kappa shape index (κ1) is 12.9. The van der Waals surface area contributed by atoms with Crippen molar-refractivity contribution in [2.75, 3.05) is 6.61 Å². The van der Waals surface area contributed by atoms with Crippen molar-refractivity contribution in [1.29, 1.82) is 0 Å². The largest absolute Gasteiger partial charge is 0.463 e. The molecule has 0 saturated carbocycles. The van der Waals surface area contributed by atoms with Gasteiger partial charge in [-0.05, 0) is 19.8 Å². The third kappa shape index (κ3) is 3.01. The van der Waals surface area contributed by atoms with Crippen LogP contribution in [0, 0.1) is 0 Å². The lowest BCUT2D eigenvalue weighted by Gasteiger charge is -2.28. The maximum atomic E-state index is 11.6. The molecule has 0 aliphatic carbocycles. The van der Waals surface area contributed by atoms with Crippen LogP contribution >= 0.6 is 0 Å². The molecule has 0 N–H and O–H groups in total. The first-order valence-electron chi connectivity index (χ1n) is 4.89. The quantitative estimate of drug-likeness (QED) is 0.636. The van der Waals surface area contributed by atoms with E-state index < -0.39 is 17.5 Å². The summed E-state index contributed by atoms with van der Waals surface area (Å²) in [6.45, 7) is 6.90. The molecule has 0 atom stereocenters. The highest BCUT2D eigenvalue weighted by atomic mass is 16.6. The predicted octanol–water partition coefficient (Wildman–Crippen LogP) is 1.67. The van der Waals surface area contributed by atoms with Crippen molar-refractivity contribution in [3.8, 4) is 0 Å². The number of hydrogen-bond donors (Lipinski definition) is 0. The van der Waals surface area contributed by atoms with Crippen molar-refractivity contribution in [3.05, 3.63) is 0 Å². The van der Waals surface area contributed by atoms with Gasteiger partial charge in [-0.25, -0.2) is 4.79 Å². The Morgan fingerprint density at radius 3 is 1.93 bits per heavy atom. The fourth-order valence-corrected chi connectivity index (χ4v) is 1.26. The fourth-order valence-electron chi connectivity index (χ4n) is 1.26. The maximum Gasteiger partial charge on any atom is 0.350 e. The molecule has 14 heavy (non-hydrogen) atoms. The van der Waals surface area contributed by atoms with Crippen LogP contribution in [0.25, 0.3) is 0 Å². The van der Waals surface area contributed by atoms with Crippen molar-refractivity contribution in [2.45, 2.75) is 46.1 Å². The molecule has 82 valence electrons. The van der Waals surface area contributed by atoms with Gasteiger partial charge >= 0.3 is 11.9 Å². The molecule has 0 radical (unpaired) electrons. The van der Waals surface area contributed by atoms with E-state index in [0.29, 0.717) is 19.4 Å². The van der Waals surface area contributed by atoms with Crippen LogP contribution < -0.4 is 0 Å². The zero-order chi connectivity index (χ0) is 11.2. The van der Waals surface area contributed by atoms with E-state index in [2.05, 4.69) is 0 Å². The third-order valence-corrected chi connectivity index (χ3v) is 2.13. The molecular weight excluding hydrogens is 184 g/mol. The van der Waals surface area contributed by atoms with Gasteiger partial charge in [0.1, 0.15) is 0 Å². The van der Waals surface area contributed by atoms with E-state index in [9.17, 15) is 9.59 Å². The highest BCUT2D eigenvalue weighted by Gasteiger charge is 2.39. The Kier molecular flexibility index (Phi) is 5.20. The zero-order valence-corrected chi connectivity index (χ0v) is 9.25. The van der Waals surface area contributed by atoms with Crippen LogP contribution in [-0.4, -0.2) is 24.1 Å². The minimum atomic E-state index is -1.10. The van der Waals surface area contributed by atoms with Crippen LogP contribution in [0.1, 0.15) is 40.5 Å². The molecule has 0 aromatic rings. The van der Waals surface area contributed by atoms with Gasteiger partial charge in [0.15, 0.2) is 0 Å². The fraction of sp³-hybridized carbons (Fsp3) is 0.800. The Balaban J connectivity index is 4.67. The van der Waals surface area contributed by atoms with Crippen LogP contribution in [0.5, 0.6) is 0 Å². The highest BCUT2D eigenvalue weighted by molar-refractivity contribution is 5.82. The van der Waals surface area contributed by atoms with E-state index >= 15 is 0 Å². The summed E-state index contributed by atoms with van der Waals surface area (Å²) in [5.74, 6) is -0.915. The van der Waals surface area contributed by atoms with E-state index in [0.717, 1.165) is 0 Å². The number of rotatable bonds is 5. The van der Waals surface area contributed by atoms with Crippen molar-refractivity contribution < 1.29 is 19.1 Å². The standard InChI is InChI=1S/C10H18O4/c1-5-10(6-2,14-8(4)11)9(12)13-7-3/h5-7H2,1-4H3. The molecule has 0 amide bonds. The van der Waals surface area contributed by atoms with Gasteiger partial charge in [-0.2, -0.15) is 0 Å². The van der Waals surface area contributed by atoms with E-state index in [4.69, 9.17) is 9.47 Å². The summed E-state index contributed by atoms with van der Waals surface area (Å²) in [7, 11) is 0. The molecule has 0 aliphatic heterocycles. The third-order valence-electron chi connectivity index (χ3n) is 2.13. The Hall–Kier alpha value is -1.06. The van der Waals surface area contributed by atoms with E-state index in [-0.39, 0.29) is 0 Å². The van der Waals surface area contributed by atoms with Crippen LogP contribution in [0.2, 0.25) is 0 Å². The number of esters is 2. The molecule has 0 saturated heterocycles. The second-order valence-electron chi connectivity index (χ2n) is 3.02. The number of carbonyl (C=O) groups excluding carboxylic acids is 2. The zero-order valence-electron chi connectivity index (χ0n) is 9.25. The van der Waals surface area contributed by atoms with Crippen molar-refractivity contribution in [3.63, 3.8) is 0 Å². The first-order chi connectivity index (χ1) is 6.52. The van der Waals surface area contributed by atoms with Gasteiger partial charge in [-0.15, -0.1) is 0 Å². The van der Waals surface area contributed by atoms with Crippen LogP contribution in [0.15, 0.2) is 0 Å². The summed E-state index contributed by atoms with van der Waals surface area (Å²) >= 11 is 0. The van der Waals surface area contributed by atoms with Gasteiger partial charge in [-0.3, -0.25) is 4.79 Å². The Morgan fingerprint density at radius 1 is 1.14 bits per heavy atom. The molecule has 0 aromatic carbocycles. The average molecular weight is 202 g/mol. The molecule has 4 nitrogen and oxygen atoms in total. The lowest BCUT2D eigenvalue weighted by atomic mass is 9.97. The highest BCUT2D eigenvalue weighted by Crippen LogP contribution is 2.22. The molecule has 0 heterocycles. The summed E-state index contributed by atoms with van der Waals surface area (Å²) in [4.78, 5) is 22.4. The first-order valence-corrected chi connectivity index (χ1v) is 4.89. The molecule has 0 bridgehead atoms. The monoisotopic (exact) mass is 202 g/mol. The minimum Gasteiger partial charge on any atom is -0.463 e. The normalized spacial score (nSPS) is 10.9. The summed E-state index contributed by atoms with van der Waals surface area (Å²) < 4.78 is 9.91. The van der Waals surface area contributed by atoms with E-state index in [1.54, 1.807) is 20.8 Å². The average Bonchev–Trinajstić information content (AvgIpc) is 2.14. The van der Waals surface area contributed by atoms with Crippen LogP contribution in [0.4, 0.5) is 0 Å². The van der Waals surface area contributed by atoms with Gasteiger partial charge in [-0.1, -0.05) is 13.8 Å². The lowest BCUT2D eigenvalue weighted by molar-refractivity contribution is -0.182. The van der Waals surface area contributed by atoms with Gasteiger partial charge in [0, 0.05) is 6.92 Å². The van der Waals surface area contributed by atoms with Gasteiger partial charge in [0.25, 0.3) is 0 Å². The van der Waals surface area contributed by atoms with Crippen LogP contribution in [0.3, 0.4) is 0 Å². The maximum absolute atomic E-state index is 11.6. The smallest absolute Gasteiger partial charge is 0.350 e. The Bertz CT molecular complexity index is 206. The summed E-state index contributed by atoms with van der Waals surface area (Å²) in [6, 6.07) is 0. The topological polar surface area (TPSA) is 52.6 Å². The molecule has 0 rings (SSSR count). The molecule has 0 aliphatic rings. The van der Waals surface area contributed by atoms with Crippen LogP contribution in [-0.2, 0) is 19.1 Å². The van der Waals surface area contributed by atoms with E-state index in [1.165, 1.54) is 6.92 Å². The minimum absolute atomic E-state index is 0.294. The summed E-state index contributed by atoms with van der Waals surface area (Å²) in [5, 5.41) is 0. The molecule has 0 aromatic heterocycles. The van der Waals surface area contributed by atoms with Gasteiger partial charge in [0.2, 0.25) is 5.60 Å².